The van der Waals surface area contributed by atoms with E-state index < -0.39 is 0 Å². The average Bonchev–Trinajstić information content (AvgIpc) is 3.06. The molecule has 0 amide bonds. The second kappa shape index (κ2) is 7.32. The molecule has 0 radical (unpaired) electrons. The molecule has 0 atom stereocenters. The fraction of sp³-hybridized carbons (Fsp3) is 0.286. The van der Waals surface area contributed by atoms with Crippen LogP contribution >= 0.6 is 0 Å². The number of hydrogen-bond donors (Lipinski definition) is 0. The van der Waals surface area contributed by atoms with Gasteiger partial charge in [-0.05, 0) is 12.8 Å². The summed E-state index contributed by atoms with van der Waals surface area (Å²) in [6, 6.07) is 18.6. The molecule has 0 aromatic heterocycles. The summed E-state index contributed by atoms with van der Waals surface area (Å²) in [6.07, 6.45) is 2.73. The largest absolute Gasteiger partial charge is 2.00 e. The van der Waals surface area contributed by atoms with Gasteiger partial charge in [-0.25, -0.2) is 24.3 Å². The van der Waals surface area contributed by atoms with E-state index in [0.29, 0.717) is 0 Å². The smallest absolute Gasteiger partial charge is 0.424 e. The average molecular weight is 255 g/mol. The van der Waals surface area contributed by atoms with Gasteiger partial charge in [0.1, 0.15) is 0 Å². The first kappa shape index (κ1) is 13.1. The van der Waals surface area contributed by atoms with Crippen LogP contribution in [0.3, 0.4) is 0 Å². The van der Waals surface area contributed by atoms with E-state index >= 15 is 0 Å². The molecule has 0 bridgehead atoms. The molecule has 0 saturated carbocycles. The molecular formula is C14H17FeN. The molecule has 2 heteroatoms. The molecule has 0 unspecified atom stereocenters. The molecule has 3 rings (SSSR count). The van der Waals surface area contributed by atoms with Gasteiger partial charge < -0.3 is 4.90 Å². The Morgan fingerprint density at radius 2 is 1.44 bits per heavy atom. The van der Waals surface area contributed by atoms with Gasteiger partial charge in [-0.1, -0.05) is 5.69 Å². The molecular weight excluding hydrogens is 238 g/mol. The number of anilines is 1. The van der Waals surface area contributed by atoms with Crippen LogP contribution in [-0.4, -0.2) is 13.1 Å². The van der Waals surface area contributed by atoms with Crippen LogP contribution in [0.4, 0.5) is 5.69 Å². The predicted octanol–water partition coefficient (Wildman–Crippen LogP) is 3.41. The fourth-order valence-electron chi connectivity index (χ4n) is 1.87. The molecule has 1 aliphatic rings. The molecule has 2 aromatic rings. The van der Waals surface area contributed by atoms with Gasteiger partial charge >= 0.3 is 17.1 Å². The van der Waals surface area contributed by atoms with Crippen molar-refractivity contribution in [1.82, 2.24) is 0 Å². The van der Waals surface area contributed by atoms with E-state index in [4.69, 9.17) is 0 Å². The molecule has 86 valence electrons. The van der Waals surface area contributed by atoms with E-state index in [9.17, 15) is 0 Å². The Labute approximate surface area is 108 Å². The monoisotopic (exact) mass is 255 g/mol. The second-order valence-corrected chi connectivity index (χ2v) is 3.80. The first-order chi connectivity index (χ1) is 7.47. The van der Waals surface area contributed by atoms with Gasteiger partial charge in [0.25, 0.3) is 0 Å². The van der Waals surface area contributed by atoms with Crippen molar-refractivity contribution in [2.75, 3.05) is 18.0 Å². The molecule has 0 aliphatic carbocycles. The summed E-state index contributed by atoms with van der Waals surface area (Å²) in [7, 11) is 0. The minimum absolute atomic E-state index is 0. The van der Waals surface area contributed by atoms with E-state index in [-0.39, 0.29) is 17.1 Å². The molecule has 1 fully saturated rings. The SMILES string of the molecule is [Fe+2].c1cc[c-](N2CCCC2)c1.c1cc[cH-]c1. The van der Waals surface area contributed by atoms with E-state index in [1.807, 2.05) is 30.3 Å². The number of rotatable bonds is 1. The third-order valence-corrected chi connectivity index (χ3v) is 2.67. The van der Waals surface area contributed by atoms with E-state index in [1.54, 1.807) is 0 Å². The van der Waals surface area contributed by atoms with Crippen LogP contribution in [0.15, 0.2) is 54.6 Å². The summed E-state index contributed by atoms with van der Waals surface area (Å²) in [5.41, 5.74) is 1.40. The Balaban J connectivity index is 0.000000183. The maximum absolute atomic E-state index is 2.44. The maximum Gasteiger partial charge on any atom is 2.00 e. The van der Waals surface area contributed by atoms with Crippen LogP contribution in [0.25, 0.3) is 0 Å². The van der Waals surface area contributed by atoms with Crippen LogP contribution in [0.1, 0.15) is 12.8 Å². The van der Waals surface area contributed by atoms with Crippen molar-refractivity contribution < 1.29 is 17.1 Å². The topological polar surface area (TPSA) is 3.24 Å². The summed E-state index contributed by atoms with van der Waals surface area (Å²) < 4.78 is 0. The molecule has 0 spiro atoms. The standard InChI is InChI=1S/C9H12N.C5H5.Fe/c1-2-6-9(5-1)10-7-3-4-8-10;1-2-4-5-3-1;/h1-2,5-6H,3-4,7-8H2;1-5H;/q2*-1;+2. The molecule has 1 aliphatic heterocycles. The summed E-state index contributed by atoms with van der Waals surface area (Å²) in [6.45, 7) is 2.51. The van der Waals surface area contributed by atoms with Gasteiger partial charge in [0.15, 0.2) is 0 Å². The Morgan fingerprint density at radius 1 is 0.875 bits per heavy atom. The van der Waals surface area contributed by atoms with Crippen LogP contribution in [-0.2, 0) is 17.1 Å². The number of nitrogens with zero attached hydrogens (tertiary/aromatic N) is 1. The minimum Gasteiger partial charge on any atom is -0.424 e. The summed E-state index contributed by atoms with van der Waals surface area (Å²) >= 11 is 0. The Kier molecular flexibility index (Phi) is 5.99. The van der Waals surface area contributed by atoms with Crippen molar-refractivity contribution in [3.63, 3.8) is 0 Å². The van der Waals surface area contributed by atoms with Gasteiger partial charge in [-0.15, -0.1) is 0 Å². The Morgan fingerprint density at radius 3 is 1.88 bits per heavy atom. The summed E-state index contributed by atoms with van der Waals surface area (Å²) in [5, 5.41) is 0. The van der Waals surface area contributed by atoms with Gasteiger partial charge in [0.05, 0.1) is 0 Å². The number of hydrogen-bond acceptors (Lipinski definition) is 1. The summed E-state index contributed by atoms with van der Waals surface area (Å²) in [5.74, 6) is 0. The second-order valence-electron chi connectivity index (χ2n) is 3.80. The fourth-order valence-corrected chi connectivity index (χ4v) is 1.87. The summed E-state index contributed by atoms with van der Waals surface area (Å²) in [4.78, 5) is 2.44. The van der Waals surface area contributed by atoms with Crippen LogP contribution in [0.2, 0.25) is 0 Å². The van der Waals surface area contributed by atoms with Gasteiger partial charge in [-0.2, -0.15) is 30.3 Å². The quantitative estimate of drug-likeness (QED) is 0.557. The molecule has 16 heavy (non-hydrogen) atoms. The van der Waals surface area contributed by atoms with Crippen molar-refractivity contribution in [2.24, 2.45) is 0 Å². The molecule has 1 heterocycles. The third-order valence-electron chi connectivity index (χ3n) is 2.67. The van der Waals surface area contributed by atoms with Gasteiger partial charge in [0.2, 0.25) is 0 Å². The predicted molar refractivity (Wildman–Crippen MR) is 65.5 cm³/mol. The zero-order valence-corrected chi connectivity index (χ0v) is 10.4. The molecule has 2 aromatic carbocycles. The van der Waals surface area contributed by atoms with Crippen LogP contribution in [0, 0.1) is 0 Å². The van der Waals surface area contributed by atoms with E-state index in [2.05, 4.69) is 29.2 Å². The van der Waals surface area contributed by atoms with Gasteiger partial charge in [0, 0.05) is 13.1 Å². The third kappa shape index (κ3) is 3.88. The van der Waals surface area contributed by atoms with Crippen molar-refractivity contribution in [3.05, 3.63) is 54.6 Å². The normalized spacial score (nSPS) is 13.9. The zero-order chi connectivity index (χ0) is 10.3. The van der Waals surface area contributed by atoms with Crippen molar-refractivity contribution in [2.45, 2.75) is 12.8 Å². The molecule has 0 N–H and O–H groups in total. The Hall–Kier alpha value is -0.981. The molecule has 1 saturated heterocycles. The van der Waals surface area contributed by atoms with Crippen molar-refractivity contribution in [3.8, 4) is 0 Å². The van der Waals surface area contributed by atoms with E-state index in [0.717, 1.165) is 0 Å². The van der Waals surface area contributed by atoms with E-state index in [1.165, 1.54) is 31.6 Å². The molecule has 1 nitrogen and oxygen atoms in total. The first-order valence-electron chi connectivity index (χ1n) is 5.60. The van der Waals surface area contributed by atoms with Crippen molar-refractivity contribution >= 4 is 5.69 Å². The van der Waals surface area contributed by atoms with Crippen LogP contribution in [0.5, 0.6) is 0 Å². The maximum atomic E-state index is 2.44. The first-order valence-corrected chi connectivity index (χ1v) is 5.60. The minimum atomic E-state index is 0. The Bertz CT molecular complexity index is 313. The zero-order valence-electron chi connectivity index (χ0n) is 9.33. The van der Waals surface area contributed by atoms with Gasteiger partial charge in [-0.3, -0.25) is 0 Å². The van der Waals surface area contributed by atoms with Crippen LogP contribution < -0.4 is 4.90 Å². The van der Waals surface area contributed by atoms with Crippen molar-refractivity contribution in [1.29, 1.82) is 0 Å².